The number of piperidine rings is 1. The van der Waals surface area contributed by atoms with Gasteiger partial charge in [0.2, 0.25) is 5.88 Å². The van der Waals surface area contributed by atoms with E-state index in [0.29, 0.717) is 5.88 Å². The fourth-order valence-electron chi connectivity index (χ4n) is 2.92. The van der Waals surface area contributed by atoms with Crippen molar-refractivity contribution in [3.8, 4) is 5.88 Å². The molecule has 0 N–H and O–H groups in total. The lowest BCUT2D eigenvalue weighted by Gasteiger charge is -2.32. The molecule has 3 heterocycles. The van der Waals surface area contributed by atoms with Crippen LogP contribution in [0.5, 0.6) is 5.88 Å². The Bertz CT molecular complexity index is 764. The van der Waals surface area contributed by atoms with Gasteiger partial charge in [0, 0.05) is 45.1 Å². The van der Waals surface area contributed by atoms with E-state index in [2.05, 4.69) is 14.9 Å². The van der Waals surface area contributed by atoms with Crippen LogP contribution in [-0.2, 0) is 13.6 Å². The second-order valence-corrected chi connectivity index (χ2v) is 6.48. The van der Waals surface area contributed by atoms with E-state index in [4.69, 9.17) is 4.74 Å². The Labute approximate surface area is 142 Å². The zero-order valence-corrected chi connectivity index (χ0v) is 14.5. The van der Waals surface area contributed by atoms with Crippen molar-refractivity contribution in [2.75, 3.05) is 13.1 Å². The van der Waals surface area contributed by atoms with Crippen molar-refractivity contribution in [3.63, 3.8) is 0 Å². The molecule has 1 aliphatic heterocycles. The molecule has 6 nitrogen and oxygen atoms in total. The molecule has 1 fully saturated rings. The first-order chi connectivity index (χ1) is 11.5. The van der Waals surface area contributed by atoms with Gasteiger partial charge in [-0.05, 0) is 38.3 Å². The van der Waals surface area contributed by atoms with Gasteiger partial charge in [0.05, 0.1) is 11.4 Å². The lowest BCUT2D eigenvalue weighted by molar-refractivity contribution is 0.0920. The van der Waals surface area contributed by atoms with Crippen molar-refractivity contribution in [1.82, 2.24) is 19.4 Å². The van der Waals surface area contributed by atoms with Gasteiger partial charge in [0.1, 0.15) is 6.10 Å². The van der Waals surface area contributed by atoms with Crippen LogP contribution in [0.15, 0.2) is 29.3 Å². The van der Waals surface area contributed by atoms with Crippen LogP contribution >= 0.6 is 0 Å². The lowest BCUT2D eigenvalue weighted by Crippen LogP contribution is -2.38. The Morgan fingerprint density at radius 3 is 2.75 bits per heavy atom. The minimum Gasteiger partial charge on any atom is -0.473 e. The van der Waals surface area contributed by atoms with Gasteiger partial charge in [0.25, 0.3) is 5.56 Å². The number of ether oxygens (including phenoxy) is 1. The van der Waals surface area contributed by atoms with E-state index in [0.717, 1.165) is 49.4 Å². The van der Waals surface area contributed by atoms with E-state index in [1.165, 1.54) is 0 Å². The van der Waals surface area contributed by atoms with E-state index in [9.17, 15) is 4.79 Å². The number of likely N-dealkylation sites (tertiary alicyclic amines) is 1. The van der Waals surface area contributed by atoms with E-state index in [-0.39, 0.29) is 11.7 Å². The monoisotopic (exact) mass is 328 g/mol. The van der Waals surface area contributed by atoms with E-state index >= 15 is 0 Å². The van der Waals surface area contributed by atoms with Crippen LogP contribution in [0.1, 0.15) is 29.8 Å². The second kappa shape index (κ2) is 7.13. The fourth-order valence-corrected chi connectivity index (χ4v) is 2.92. The highest BCUT2D eigenvalue weighted by Crippen LogP contribution is 2.20. The molecule has 3 rings (SSSR count). The summed E-state index contributed by atoms with van der Waals surface area (Å²) in [6.07, 6.45) is 5.68. The van der Waals surface area contributed by atoms with Crippen LogP contribution in [-0.4, -0.2) is 38.6 Å². The molecule has 2 aromatic heterocycles. The van der Waals surface area contributed by atoms with E-state index in [1.54, 1.807) is 23.9 Å². The number of rotatable bonds is 4. The Morgan fingerprint density at radius 1 is 1.29 bits per heavy atom. The second-order valence-electron chi connectivity index (χ2n) is 6.48. The quantitative estimate of drug-likeness (QED) is 0.857. The summed E-state index contributed by atoms with van der Waals surface area (Å²) in [5.41, 5.74) is 2.82. The van der Waals surface area contributed by atoms with Crippen LogP contribution in [0.25, 0.3) is 0 Å². The molecule has 6 heteroatoms. The zero-order valence-electron chi connectivity index (χ0n) is 14.5. The Balaban J connectivity index is 1.54. The summed E-state index contributed by atoms with van der Waals surface area (Å²) < 4.78 is 7.64. The SMILES string of the molecule is Cc1cnc(C)c(OC2CCN(Cc3ccn(C)c(=O)c3)CC2)n1. The highest BCUT2D eigenvalue weighted by molar-refractivity contribution is 5.18. The molecule has 0 atom stereocenters. The molecule has 0 radical (unpaired) electrons. The highest BCUT2D eigenvalue weighted by Gasteiger charge is 2.22. The minimum atomic E-state index is 0.0409. The van der Waals surface area contributed by atoms with Gasteiger partial charge < -0.3 is 9.30 Å². The van der Waals surface area contributed by atoms with Crippen molar-refractivity contribution in [2.45, 2.75) is 39.3 Å². The summed E-state index contributed by atoms with van der Waals surface area (Å²) in [6.45, 7) is 6.57. The van der Waals surface area contributed by atoms with Crippen molar-refractivity contribution in [1.29, 1.82) is 0 Å². The molecule has 1 aliphatic rings. The van der Waals surface area contributed by atoms with E-state index in [1.807, 2.05) is 26.1 Å². The summed E-state index contributed by atoms with van der Waals surface area (Å²) in [4.78, 5) is 22.8. The largest absolute Gasteiger partial charge is 0.473 e. The van der Waals surface area contributed by atoms with Crippen molar-refractivity contribution >= 4 is 0 Å². The van der Waals surface area contributed by atoms with Gasteiger partial charge in [-0.15, -0.1) is 0 Å². The first-order valence-corrected chi connectivity index (χ1v) is 8.36. The molecular weight excluding hydrogens is 304 g/mol. The number of nitrogens with zero attached hydrogens (tertiary/aromatic N) is 4. The standard InChI is InChI=1S/C18H24N4O2/c1-13-11-19-14(2)18(20-13)24-16-5-8-22(9-6-16)12-15-4-7-21(3)17(23)10-15/h4,7,10-11,16H,5-6,8-9,12H2,1-3H3. The third-order valence-electron chi connectivity index (χ3n) is 4.42. The number of hydrogen-bond acceptors (Lipinski definition) is 5. The minimum absolute atomic E-state index is 0.0409. The molecule has 0 spiro atoms. The third-order valence-corrected chi connectivity index (χ3v) is 4.42. The number of pyridine rings is 1. The van der Waals surface area contributed by atoms with Crippen LogP contribution in [0.2, 0.25) is 0 Å². The predicted molar refractivity (Wildman–Crippen MR) is 92.1 cm³/mol. The lowest BCUT2D eigenvalue weighted by atomic mass is 10.1. The van der Waals surface area contributed by atoms with Gasteiger partial charge >= 0.3 is 0 Å². The van der Waals surface area contributed by atoms with Gasteiger partial charge in [-0.3, -0.25) is 14.7 Å². The van der Waals surface area contributed by atoms with E-state index < -0.39 is 0 Å². The van der Waals surface area contributed by atoms with Crippen molar-refractivity contribution < 1.29 is 4.74 Å². The first kappa shape index (κ1) is 16.6. The topological polar surface area (TPSA) is 60.2 Å². The summed E-state index contributed by atoms with van der Waals surface area (Å²) >= 11 is 0. The summed E-state index contributed by atoms with van der Waals surface area (Å²) in [6, 6.07) is 3.73. The Morgan fingerprint density at radius 2 is 2.04 bits per heavy atom. The number of aryl methyl sites for hydroxylation is 3. The average molecular weight is 328 g/mol. The molecule has 0 unspecified atom stereocenters. The van der Waals surface area contributed by atoms with Crippen LogP contribution in [0.3, 0.4) is 0 Å². The number of aromatic nitrogens is 3. The van der Waals surface area contributed by atoms with Gasteiger partial charge in [-0.2, -0.15) is 0 Å². The van der Waals surface area contributed by atoms with Crippen molar-refractivity contribution in [2.24, 2.45) is 7.05 Å². The molecule has 0 aromatic carbocycles. The zero-order chi connectivity index (χ0) is 17.1. The molecule has 0 amide bonds. The van der Waals surface area contributed by atoms with Crippen LogP contribution in [0, 0.1) is 13.8 Å². The van der Waals surface area contributed by atoms with Gasteiger partial charge in [-0.25, -0.2) is 4.98 Å². The predicted octanol–water partition coefficient (Wildman–Crippen LogP) is 1.84. The highest BCUT2D eigenvalue weighted by atomic mass is 16.5. The normalized spacial score (nSPS) is 16.3. The molecule has 0 saturated carbocycles. The average Bonchev–Trinajstić information content (AvgIpc) is 2.56. The Kier molecular flexibility index (Phi) is 4.94. The molecule has 0 aliphatic carbocycles. The fraction of sp³-hybridized carbons (Fsp3) is 0.500. The molecule has 0 bridgehead atoms. The van der Waals surface area contributed by atoms with Gasteiger partial charge in [-0.1, -0.05) is 0 Å². The Hall–Kier alpha value is -2.21. The maximum atomic E-state index is 11.7. The summed E-state index contributed by atoms with van der Waals surface area (Å²) in [5.74, 6) is 0.653. The molecule has 2 aromatic rings. The summed E-state index contributed by atoms with van der Waals surface area (Å²) in [7, 11) is 1.77. The molecule has 128 valence electrons. The smallest absolute Gasteiger partial charge is 0.250 e. The maximum absolute atomic E-state index is 11.7. The first-order valence-electron chi connectivity index (χ1n) is 8.36. The molecule has 1 saturated heterocycles. The van der Waals surface area contributed by atoms with Crippen molar-refractivity contribution in [3.05, 3.63) is 51.8 Å². The van der Waals surface area contributed by atoms with Gasteiger partial charge in [0.15, 0.2) is 0 Å². The number of hydrogen-bond donors (Lipinski definition) is 0. The third kappa shape index (κ3) is 4.00. The molecule has 24 heavy (non-hydrogen) atoms. The molecular formula is C18H24N4O2. The van der Waals surface area contributed by atoms with Crippen LogP contribution in [0.4, 0.5) is 0 Å². The maximum Gasteiger partial charge on any atom is 0.250 e. The van der Waals surface area contributed by atoms with Crippen LogP contribution < -0.4 is 10.3 Å². The summed E-state index contributed by atoms with van der Waals surface area (Å²) in [5, 5.41) is 0.